The second-order valence-corrected chi connectivity index (χ2v) is 10.6. The topological polar surface area (TPSA) is 123 Å². The third kappa shape index (κ3) is 5.37. The van der Waals surface area contributed by atoms with E-state index in [1.165, 1.54) is 6.92 Å². The highest BCUT2D eigenvalue weighted by Gasteiger charge is 2.29. The minimum atomic E-state index is -0.349. The van der Waals surface area contributed by atoms with Gasteiger partial charge in [-0.3, -0.25) is 9.59 Å². The van der Waals surface area contributed by atoms with Crippen LogP contribution in [0, 0.1) is 5.92 Å². The van der Waals surface area contributed by atoms with Gasteiger partial charge < -0.3 is 29.6 Å². The molecular formula is C29H32N6O4. The van der Waals surface area contributed by atoms with E-state index in [0.29, 0.717) is 41.4 Å². The highest BCUT2D eigenvalue weighted by Crippen LogP contribution is 2.40. The molecule has 2 aliphatic carbocycles. The van der Waals surface area contributed by atoms with E-state index in [1.54, 1.807) is 22.9 Å². The van der Waals surface area contributed by atoms with E-state index < -0.39 is 0 Å². The summed E-state index contributed by atoms with van der Waals surface area (Å²) in [6.45, 7) is 1.95. The number of hydrogen-bond acceptors (Lipinski definition) is 7. The number of aryl methyl sites for hydroxylation is 1. The van der Waals surface area contributed by atoms with Crippen LogP contribution in [0.5, 0.6) is 11.5 Å². The van der Waals surface area contributed by atoms with E-state index in [2.05, 4.69) is 15.6 Å². The molecule has 10 heteroatoms. The molecule has 2 aliphatic rings. The Morgan fingerprint density at radius 1 is 1.13 bits per heavy atom. The highest BCUT2D eigenvalue weighted by molar-refractivity contribution is 5.87. The van der Waals surface area contributed by atoms with Crippen molar-refractivity contribution in [3.8, 4) is 11.5 Å². The number of nitrogens with zero attached hydrogens (tertiary/aromatic N) is 4. The number of fused-ring (bicyclic) bond motifs is 1. The van der Waals surface area contributed by atoms with Crippen LogP contribution in [0.2, 0.25) is 0 Å². The van der Waals surface area contributed by atoms with Gasteiger partial charge in [-0.2, -0.15) is 0 Å². The third-order valence-electron chi connectivity index (χ3n) is 7.58. The molecule has 4 aromatic rings. The molecule has 202 valence electrons. The van der Waals surface area contributed by atoms with Gasteiger partial charge in [0.1, 0.15) is 23.0 Å². The summed E-state index contributed by atoms with van der Waals surface area (Å²) in [4.78, 5) is 33.7. The van der Waals surface area contributed by atoms with Gasteiger partial charge in [-0.1, -0.05) is 6.42 Å². The minimum Gasteiger partial charge on any atom is -0.457 e. The maximum atomic E-state index is 13.5. The second kappa shape index (κ2) is 10.2. The maximum Gasteiger partial charge on any atom is 0.274 e. The Morgan fingerprint density at radius 2 is 1.95 bits per heavy atom. The number of aliphatic hydroxyl groups excluding tert-OH is 1. The number of ether oxygens (including phenoxy) is 1. The SMILES string of the molecule is CC(=O)Nc1cc(Oc2ccc3nc(Nc4cc(C5CC5)cn(C[C@H]5CCC[C@H]5O)c4=O)n(C)c3c2)ccn1. The van der Waals surface area contributed by atoms with Crippen molar-refractivity contribution in [1.29, 1.82) is 0 Å². The highest BCUT2D eigenvalue weighted by atomic mass is 16.5. The minimum absolute atomic E-state index is 0.105. The fraction of sp³-hybridized carbons (Fsp3) is 0.379. The van der Waals surface area contributed by atoms with Crippen LogP contribution < -0.4 is 20.9 Å². The molecule has 3 heterocycles. The molecule has 0 saturated heterocycles. The molecule has 2 fully saturated rings. The first-order valence-corrected chi connectivity index (χ1v) is 13.4. The third-order valence-corrected chi connectivity index (χ3v) is 7.58. The van der Waals surface area contributed by atoms with Crippen molar-refractivity contribution >= 4 is 34.4 Å². The van der Waals surface area contributed by atoms with Crippen LogP contribution in [0.1, 0.15) is 50.5 Å². The van der Waals surface area contributed by atoms with Gasteiger partial charge in [0.05, 0.1) is 17.1 Å². The average molecular weight is 529 g/mol. The molecule has 10 nitrogen and oxygen atoms in total. The number of imidazole rings is 1. The van der Waals surface area contributed by atoms with Gasteiger partial charge in [-0.05, 0) is 61.4 Å². The Kier molecular flexibility index (Phi) is 6.56. The largest absolute Gasteiger partial charge is 0.457 e. The second-order valence-electron chi connectivity index (χ2n) is 10.6. The van der Waals surface area contributed by atoms with Crippen molar-refractivity contribution in [2.45, 2.75) is 57.6 Å². The number of hydrogen-bond donors (Lipinski definition) is 3. The van der Waals surface area contributed by atoms with E-state index in [4.69, 9.17) is 9.72 Å². The van der Waals surface area contributed by atoms with Crippen molar-refractivity contribution in [1.82, 2.24) is 19.1 Å². The van der Waals surface area contributed by atoms with Gasteiger partial charge in [-0.15, -0.1) is 0 Å². The molecule has 3 N–H and O–H groups in total. The predicted molar refractivity (Wildman–Crippen MR) is 149 cm³/mol. The lowest BCUT2D eigenvalue weighted by Crippen LogP contribution is -2.29. The summed E-state index contributed by atoms with van der Waals surface area (Å²) in [5.74, 6) is 2.48. The molecule has 6 rings (SSSR count). The summed E-state index contributed by atoms with van der Waals surface area (Å²) in [6, 6.07) is 10.9. The van der Waals surface area contributed by atoms with Gasteiger partial charge in [-0.25, -0.2) is 9.97 Å². The Hall–Kier alpha value is -4.18. The zero-order valence-electron chi connectivity index (χ0n) is 22.1. The molecule has 1 aromatic carbocycles. The Morgan fingerprint density at radius 3 is 2.69 bits per heavy atom. The monoisotopic (exact) mass is 528 g/mol. The van der Waals surface area contributed by atoms with Gasteiger partial charge in [0.15, 0.2) is 0 Å². The zero-order chi connectivity index (χ0) is 27.1. The number of carbonyl (C=O) groups is 1. The van der Waals surface area contributed by atoms with Crippen LogP contribution in [-0.2, 0) is 18.4 Å². The lowest BCUT2D eigenvalue weighted by atomic mass is 10.1. The fourth-order valence-electron chi connectivity index (χ4n) is 5.33. The lowest BCUT2D eigenvalue weighted by molar-refractivity contribution is -0.114. The molecule has 2 saturated carbocycles. The first-order chi connectivity index (χ1) is 18.8. The van der Waals surface area contributed by atoms with Gasteiger partial charge >= 0.3 is 0 Å². The Bertz CT molecular complexity index is 1610. The van der Waals surface area contributed by atoms with Crippen molar-refractivity contribution in [2.75, 3.05) is 10.6 Å². The Labute approximate surface area is 225 Å². The molecule has 2 atom stereocenters. The molecule has 0 unspecified atom stereocenters. The normalized spacial score (nSPS) is 18.8. The van der Waals surface area contributed by atoms with Crippen LogP contribution in [0.4, 0.5) is 17.5 Å². The van der Waals surface area contributed by atoms with E-state index >= 15 is 0 Å². The maximum absolute atomic E-state index is 13.5. The molecule has 0 bridgehead atoms. The predicted octanol–water partition coefficient (Wildman–Crippen LogP) is 4.66. The van der Waals surface area contributed by atoms with Crippen LogP contribution in [0.15, 0.2) is 53.6 Å². The van der Waals surface area contributed by atoms with Crippen LogP contribution in [-0.4, -0.2) is 36.2 Å². The van der Waals surface area contributed by atoms with Crippen molar-refractivity contribution in [2.24, 2.45) is 13.0 Å². The van der Waals surface area contributed by atoms with Crippen LogP contribution in [0.25, 0.3) is 11.0 Å². The lowest BCUT2D eigenvalue weighted by Gasteiger charge is -2.18. The van der Waals surface area contributed by atoms with Gasteiger partial charge in [0, 0.05) is 51.0 Å². The summed E-state index contributed by atoms with van der Waals surface area (Å²) in [6.07, 6.45) is 8.19. The summed E-state index contributed by atoms with van der Waals surface area (Å²) < 4.78 is 9.69. The first-order valence-electron chi connectivity index (χ1n) is 13.4. The smallest absolute Gasteiger partial charge is 0.274 e. The molecule has 39 heavy (non-hydrogen) atoms. The Balaban J connectivity index is 1.27. The van der Waals surface area contributed by atoms with E-state index in [1.807, 2.05) is 42.1 Å². The molecule has 1 amide bonds. The number of anilines is 3. The number of aromatic nitrogens is 4. The van der Waals surface area contributed by atoms with Crippen molar-refractivity contribution < 1.29 is 14.6 Å². The number of benzene rings is 1. The quantitative estimate of drug-likeness (QED) is 0.304. The summed E-state index contributed by atoms with van der Waals surface area (Å²) >= 11 is 0. The number of rotatable bonds is 8. The average Bonchev–Trinajstić information content (AvgIpc) is 3.61. The number of carbonyl (C=O) groups excluding carboxylic acids is 1. The molecule has 0 aliphatic heterocycles. The first kappa shape index (κ1) is 25.1. The molecule has 0 radical (unpaired) electrons. The zero-order valence-corrected chi connectivity index (χ0v) is 22.1. The molecule has 3 aromatic heterocycles. The van der Waals surface area contributed by atoms with Crippen LogP contribution >= 0.6 is 0 Å². The summed E-state index contributed by atoms with van der Waals surface area (Å²) in [5.41, 5.74) is 3.12. The molecular weight excluding hydrogens is 496 g/mol. The van der Waals surface area contributed by atoms with E-state index in [9.17, 15) is 14.7 Å². The number of amides is 1. The van der Waals surface area contributed by atoms with Gasteiger partial charge in [0.25, 0.3) is 5.56 Å². The number of aliphatic hydroxyl groups is 1. The standard InChI is InChI=1S/C29H32N6O4/c1-17(36)31-27-14-22(10-11-30-27)39-21-8-9-23-25(13-21)34(2)29(32-23)33-24-12-20(18-6-7-18)16-35(28(24)38)15-19-4-3-5-26(19)37/h8-14,16,18-19,26,37H,3-7,15H2,1-2H3,(H,32,33)(H,30,31,36)/t19-,26-/m1/s1. The van der Waals surface area contributed by atoms with E-state index in [0.717, 1.165) is 48.7 Å². The van der Waals surface area contributed by atoms with E-state index in [-0.39, 0.29) is 23.5 Å². The van der Waals surface area contributed by atoms with Crippen LogP contribution in [0.3, 0.4) is 0 Å². The number of pyridine rings is 2. The van der Waals surface area contributed by atoms with Crippen molar-refractivity contribution in [3.05, 3.63) is 64.7 Å². The molecule has 0 spiro atoms. The number of nitrogens with one attached hydrogen (secondary N) is 2. The van der Waals surface area contributed by atoms with Crippen molar-refractivity contribution in [3.63, 3.8) is 0 Å². The summed E-state index contributed by atoms with van der Waals surface area (Å²) in [5, 5.41) is 16.3. The fourth-order valence-corrected chi connectivity index (χ4v) is 5.33. The summed E-state index contributed by atoms with van der Waals surface area (Å²) in [7, 11) is 1.89. The van der Waals surface area contributed by atoms with Gasteiger partial charge in [0.2, 0.25) is 11.9 Å².